The Kier molecular flexibility index (Phi) is 77.6. The van der Waals surface area contributed by atoms with E-state index < -0.39 is 0 Å². The summed E-state index contributed by atoms with van der Waals surface area (Å²) in [4.78, 5) is 26.5. The number of aliphatic hydroxyl groups is 2. The maximum Gasteiger partial charge on any atom is 3.00 e. The van der Waals surface area contributed by atoms with Crippen LogP contribution in [-0.2, 0) is 34.1 Å². The van der Waals surface area contributed by atoms with Crippen LogP contribution < -0.4 is 39.4 Å². The van der Waals surface area contributed by atoms with Gasteiger partial charge in [-0.25, -0.2) is 0 Å². The minimum Gasteiger partial charge on any atom is -0.870 e. The summed E-state index contributed by atoms with van der Waals surface area (Å²) in [6, 6.07) is 20.4. The van der Waals surface area contributed by atoms with Crippen LogP contribution in [0.4, 0.5) is 0 Å². The van der Waals surface area contributed by atoms with E-state index in [2.05, 4.69) is 20.0 Å². The van der Waals surface area contributed by atoms with Crippen molar-refractivity contribution in [1.82, 2.24) is 0 Å². The molecule has 0 aromatic heterocycles. The summed E-state index contributed by atoms with van der Waals surface area (Å²) in [7, 11) is 7.87. The van der Waals surface area contributed by atoms with Crippen LogP contribution >= 0.6 is 0 Å². The van der Waals surface area contributed by atoms with Crippen molar-refractivity contribution >= 4 is 24.9 Å². The largest absolute Gasteiger partial charge is 3.00 e. The van der Waals surface area contributed by atoms with Gasteiger partial charge in [0.2, 0.25) is 0 Å². The Balaban J connectivity index is -0.000000108. The number of methoxy groups -OCH3 is 4. The zero-order valence-electron chi connectivity index (χ0n) is 44.3. The first-order chi connectivity index (χ1) is 36.2. The Morgan fingerprint density at radius 1 is 0.375 bits per heavy atom. The molecule has 0 saturated carbocycles. The van der Waals surface area contributed by atoms with Crippen LogP contribution in [0, 0.1) is 88.1 Å². The van der Waals surface area contributed by atoms with Crippen LogP contribution in [-0.4, -0.2) is 104 Å². The normalized spacial score (nSPS) is 8.85. The van der Waals surface area contributed by atoms with E-state index in [0.29, 0.717) is 71.4 Å². The number of hydrogen-bond acceptors (Lipinski definition) is 14. The molecule has 0 heterocycles. The van der Waals surface area contributed by atoms with Gasteiger partial charge in [0.05, 0.1) is 28.4 Å². The monoisotopic (exact) mass is 1500 g/mol. The molecule has 0 amide bonds. The van der Waals surface area contributed by atoms with Gasteiger partial charge in [0.15, 0.2) is 0 Å². The summed E-state index contributed by atoms with van der Waals surface area (Å²) < 4.78 is 20.1. The van der Waals surface area contributed by atoms with E-state index in [0.717, 1.165) is 14.2 Å². The molecule has 442 valence electrons. The van der Waals surface area contributed by atoms with Gasteiger partial charge in [-0.2, -0.15) is 0 Å². The fraction of sp³-hybridized carbons (Fsp3) is 0.364. The van der Waals surface area contributed by atoms with Gasteiger partial charge >= 0.3 is 111 Å². The number of para-hydroxylation sites is 4. The second-order valence-electron chi connectivity index (χ2n) is 14.3. The first-order valence-corrected chi connectivity index (χ1v) is 20.4. The molecule has 0 aliphatic rings. The predicted molar refractivity (Wildman–Crippen MR) is 284 cm³/mol. The molecule has 80 heavy (non-hydrogen) atoms. The van der Waals surface area contributed by atoms with E-state index >= 15 is 0 Å². The summed E-state index contributed by atoms with van der Waals surface area (Å²) in [5.74, 6) is 0.482. The first-order valence-electron chi connectivity index (χ1n) is 20.4. The molecule has 4 rings (SSSR count). The summed E-state index contributed by atoms with van der Waals surface area (Å²) in [5, 5.41) is 62.4. The van der Waals surface area contributed by atoms with Crippen molar-refractivity contribution < 1.29 is 161 Å². The van der Waals surface area contributed by atoms with Crippen molar-refractivity contribution in [2.75, 3.05) is 68.8 Å². The number of ether oxygens (including phenoxy) is 4. The third-order valence-corrected chi connectivity index (χ3v) is 7.92. The van der Waals surface area contributed by atoms with E-state index in [4.69, 9.17) is 95.5 Å². The first kappa shape index (κ1) is 95.7. The van der Waals surface area contributed by atoms with Crippen LogP contribution in [0.15, 0.2) is 92.8 Å². The second kappa shape index (κ2) is 64.9. The number of nitrogens with zero attached hydrogens (tertiary/aromatic N) is 22. The molecule has 0 aliphatic carbocycles. The Bertz CT molecular complexity index is 2220. The summed E-state index contributed by atoms with van der Waals surface area (Å²) >= 11 is 0. The Labute approximate surface area is 544 Å². The van der Waals surface area contributed by atoms with E-state index in [1.165, 1.54) is 57.9 Å². The maximum absolute atomic E-state index is 12.1. The standard InChI is InChI=1S/2C21H26N2O4.2CH4O.2Cu.6N3.2Tb/c2*1-21(2,13-22-11-15-7-5-9-17(26-3)19(15)24)14-23-12-16-8-6-10-18(27-4)20(16)25;2*1-2;;;6*1-3-2;;/h2*5-12,24-25H,13-14H2,1-4H3;2*2H,1H3;;;;;;;;;;/q;;;;2*+2;6*-1;2*+3/p-4. The number of rotatable bonds is 16. The molecule has 32 nitrogen and oxygen atoms in total. The average molecular weight is 1500 g/mol. The summed E-state index contributed by atoms with van der Waals surface area (Å²) in [5.41, 5.74) is 82.5. The van der Waals surface area contributed by atoms with Crippen molar-refractivity contribution in [2.24, 2.45) is 30.8 Å². The minimum absolute atomic E-state index is 0. The molecule has 4 aromatic rings. The van der Waals surface area contributed by atoms with Gasteiger partial charge in [-0.05, 0) is 46.5 Å². The molecule has 0 fully saturated rings. The van der Waals surface area contributed by atoms with Crippen LogP contribution in [0.1, 0.15) is 49.9 Å². The Morgan fingerprint density at radius 2 is 0.512 bits per heavy atom. The molecule has 0 aliphatic heterocycles. The zero-order valence-corrected chi connectivity index (χ0v) is 50.5. The SMILES string of the molecule is CO.CO.COc1cccc(C=NCC(C)(C)CN=Cc2cccc(OC)c2[O-])c1[O-].COc1cccc(C=NCC(C)(C)CN=Cc2cccc(OC)c2[O-])c1[O-].[Cu+2].[Cu+2].[N-]=[N+]=[N-].[N-]=[N+]=[N-].[N-]=[N+]=[N-].[N-]=[N+]=[N-].[N-]=[N+]=[N-].[N-]=[N+]=[N-].[Tb+3].[Tb+3]. The molecular formula is C44H56Cu2N22O10Tb2. The molecule has 2 radical (unpaired) electrons. The van der Waals surface area contributed by atoms with Crippen molar-refractivity contribution in [3.8, 4) is 46.0 Å². The molecule has 0 unspecified atom stereocenters. The van der Waals surface area contributed by atoms with Crippen molar-refractivity contribution in [3.05, 3.63) is 191 Å². The predicted octanol–water partition coefficient (Wildman–Crippen LogP) is 9.24. The van der Waals surface area contributed by atoms with Crippen molar-refractivity contribution in [3.63, 3.8) is 0 Å². The third kappa shape index (κ3) is 48.5. The number of hydrogen-bond donors (Lipinski definition) is 2. The quantitative estimate of drug-likeness (QED) is 0.0352. The molecular weight excluding hydrogens is 1440 g/mol. The van der Waals surface area contributed by atoms with Gasteiger partial charge < -0.3 is 116 Å². The molecule has 0 spiro atoms. The summed E-state index contributed by atoms with van der Waals surface area (Å²) in [6.07, 6.45) is 6.25. The number of aliphatic imine (C=N–C) groups is 4. The second-order valence-corrected chi connectivity index (χ2v) is 14.3. The smallest absolute Gasteiger partial charge is 0.870 e. The van der Waals surface area contributed by atoms with Gasteiger partial charge in [-0.1, -0.05) is 99.2 Å². The average Bonchev–Trinajstić information content (AvgIpc) is 3.39. The molecule has 4 aromatic carbocycles. The topological polar surface area (TPSA) is 571 Å². The van der Waals surface area contributed by atoms with E-state index in [-0.39, 0.29) is 145 Å². The zero-order chi connectivity index (χ0) is 60.0. The molecule has 36 heteroatoms. The molecule has 0 saturated heterocycles. The van der Waals surface area contributed by atoms with Crippen LogP contribution in [0.5, 0.6) is 46.0 Å². The molecule has 0 atom stereocenters. The molecule has 2 N–H and O–H groups in total. The number of aliphatic hydroxyl groups excluding tert-OH is 2. The minimum atomic E-state index is -0.225. The fourth-order valence-electron chi connectivity index (χ4n) is 4.85. The maximum atomic E-state index is 12.1. The number of benzene rings is 4. The van der Waals surface area contributed by atoms with Crippen LogP contribution in [0.25, 0.3) is 95.8 Å². The van der Waals surface area contributed by atoms with Gasteiger partial charge in [-0.3, -0.25) is 49.4 Å². The molecule has 0 bridgehead atoms. The Hall–Kier alpha value is -6.65. The fourth-order valence-corrected chi connectivity index (χ4v) is 4.85. The van der Waals surface area contributed by atoms with Gasteiger partial charge in [0.1, 0.15) is 23.0 Å². The summed E-state index contributed by atoms with van der Waals surface area (Å²) in [6.45, 7) is 10.0. The van der Waals surface area contributed by atoms with Crippen molar-refractivity contribution in [1.29, 1.82) is 0 Å². The van der Waals surface area contributed by atoms with Crippen LogP contribution in [0.3, 0.4) is 0 Å². The van der Waals surface area contributed by atoms with Gasteiger partial charge in [-0.15, -0.1) is 0 Å². The van der Waals surface area contributed by atoms with E-state index in [1.807, 2.05) is 27.7 Å². The Morgan fingerprint density at radius 3 is 0.637 bits per heavy atom. The van der Waals surface area contributed by atoms with Crippen molar-refractivity contribution in [2.45, 2.75) is 27.7 Å². The van der Waals surface area contributed by atoms with Gasteiger partial charge in [0, 0.05) is 76.1 Å². The van der Waals surface area contributed by atoms with E-state index in [9.17, 15) is 20.4 Å². The third-order valence-electron chi connectivity index (χ3n) is 7.92. The van der Waals surface area contributed by atoms with Crippen LogP contribution in [0.2, 0.25) is 0 Å². The van der Waals surface area contributed by atoms with Gasteiger partial charge in [0.25, 0.3) is 0 Å². The van der Waals surface area contributed by atoms with E-state index in [1.54, 1.807) is 97.7 Å².